The summed E-state index contributed by atoms with van der Waals surface area (Å²) in [5.41, 5.74) is 4.31. The van der Waals surface area contributed by atoms with Crippen LogP contribution < -0.4 is 0 Å². The maximum atomic E-state index is 12.0. The van der Waals surface area contributed by atoms with Gasteiger partial charge in [-0.15, -0.1) is 0 Å². The zero-order valence-corrected chi connectivity index (χ0v) is 16.1. The van der Waals surface area contributed by atoms with Crippen LogP contribution in [0, 0.1) is 0 Å². The Hall–Kier alpha value is -3.18. The van der Waals surface area contributed by atoms with Gasteiger partial charge in [0, 0.05) is 18.0 Å². The predicted octanol–water partition coefficient (Wildman–Crippen LogP) is 4.51. The summed E-state index contributed by atoms with van der Waals surface area (Å²) in [6.45, 7) is 0.717. The lowest BCUT2D eigenvalue weighted by atomic mass is 10.0. The maximum Gasteiger partial charge on any atom is 0.339 e. The van der Waals surface area contributed by atoms with E-state index in [1.165, 1.54) is 12.7 Å². The number of carbonyl (C=O) groups excluding carboxylic acids is 1. The SMILES string of the molecule is COC(=O)c1cc(Cl)cnc1Cc1ccc2c(cnn2Cc2ccccc2)c1. The van der Waals surface area contributed by atoms with Crippen LogP contribution in [0.4, 0.5) is 0 Å². The van der Waals surface area contributed by atoms with Crippen molar-refractivity contribution in [2.45, 2.75) is 13.0 Å². The first kappa shape index (κ1) is 18.2. The molecule has 0 spiro atoms. The summed E-state index contributed by atoms with van der Waals surface area (Å²) in [5.74, 6) is -0.443. The molecule has 0 aliphatic carbocycles. The Kier molecular flexibility index (Phi) is 5.08. The van der Waals surface area contributed by atoms with E-state index in [1.807, 2.05) is 41.2 Å². The Labute approximate surface area is 167 Å². The Bertz CT molecular complexity index is 1140. The van der Waals surface area contributed by atoms with Gasteiger partial charge >= 0.3 is 5.97 Å². The van der Waals surface area contributed by atoms with Gasteiger partial charge in [-0.1, -0.05) is 48.0 Å². The van der Waals surface area contributed by atoms with Crippen molar-refractivity contribution in [3.63, 3.8) is 0 Å². The van der Waals surface area contributed by atoms with E-state index in [4.69, 9.17) is 16.3 Å². The molecule has 0 saturated heterocycles. The maximum absolute atomic E-state index is 12.0. The molecule has 0 N–H and O–H groups in total. The molecule has 0 aliphatic rings. The van der Waals surface area contributed by atoms with Gasteiger partial charge in [-0.25, -0.2) is 4.79 Å². The van der Waals surface area contributed by atoms with Crippen molar-refractivity contribution >= 4 is 28.5 Å². The molecule has 4 rings (SSSR count). The van der Waals surface area contributed by atoms with Gasteiger partial charge in [-0.3, -0.25) is 9.67 Å². The molecule has 28 heavy (non-hydrogen) atoms. The molecule has 6 heteroatoms. The van der Waals surface area contributed by atoms with Crippen LogP contribution in [0.5, 0.6) is 0 Å². The minimum absolute atomic E-state index is 0.384. The van der Waals surface area contributed by atoms with E-state index in [0.717, 1.165) is 23.0 Å². The number of esters is 1. The molecule has 0 fully saturated rings. The molecule has 140 valence electrons. The van der Waals surface area contributed by atoms with Crippen LogP contribution in [0.1, 0.15) is 27.2 Å². The minimum Gasteiger partial charge on any atom is -0.465 e. The number of carbonyl (C=O) groups is 1. The van der Waals surface area contributed by atoms with E-state index in [9.17, 15) is 4.79 Å². The average Bonchev–Trinajstić information content (AvgIpc) is 3.11. The standard InChI is InChI=1S/C22H18ClN3O2/c1-28-22(27)19-11-18(23)13-24-20(19)10-16-7-8-21-17(9-16)12-25-26(21)14-15-5-3-2-4-6-15/h2-9,11-13H,10,14H2,1H3. The van der Waals surface area contributed by atoms with Crippen LogP contribution in [0.25, 0.3) is 10.9 Å². The van der Waals surface area contributed by atoms with Gasteiger partial charge < -0.3 is 4.74 Å². The Morgan fingerprint density at radius 2 is 1.89 bits per heavy atom. The largest absolute Gasteiger partial charge is 0.465 e. The molecular weight excluding hydrogens is 374 g/mol. The number of hydrogen-bond acceptors (Lipinski definition) is 4. The minimum atomic E-state index is -0.443. The third-order valence-electron chi connectivity index (χ3n) is 4.60. The molecule has 2 heterocycles. The second kappa shape index (κ2) is 7.82. The summed E-state index contributed by atoms with van der Waals surface area (Å²) in [5, 5.41) is 5.97. The lowest BCUT2D eigenvalue weighted by molar-refractivity contribution is 0.0599. The monoisotopic (exact) mass is 391 g/mol. The number of fused-ring (bicyclic) bond motifs is 1. The van der Waals surface area contributed by atoms with Crippen molar-refractivity contribution in [1.82, 2.24) is 14.8 Å². The van der Waals surface area contributed by atoms with Crippen molar-refractivity contribution in [3.8, 4) is 0 Å². The third-order valence-corrected chi connectivity index (χ3v) is 4.80. The van der Waals surface area contributed by atoms with Crippen LogP contribution >= 0.6 is 11.6 Å². The zero-order chi connectivity index (χ0) is 19.5. The number of aromatic nitrogens is 3. The molecule has 0 amide bonds. The molecule has 0 atom stereocenters. The summed E-state index contributed by atoms with van der Waals surface area (Å²) in [7, 11) is 1.35. The molecular formula is C22H18ClN3O2. The predicted molar refractivity (Wildman–Crippen MR) is 109 cm³/mol. The number of rotatable bonds is 5. The van der Waals surface area contributed by atoms with Crippen molar-refractivity contribution < 1.29 is 9.53 Å². The highest BCUT2D eigenvalue weighted by Gasteiger charge is 2.15. The van der Waals surface area contributed by atoms with Gasteiger partial charge in [0.1, 0.15) is 0 Å². The van der Waals surface area contributed by atoms with Crippen LogP contribution in [-0.2, 0) is 17.7 Å². The molecule has 0 saturated carbocycles. The third kappa shape index (κ3) is 3.75. The molecule has 2 aromatic heterocycles. The van der Waals surface area contributed by atoms with Gasteiger partial charge in [-0.2, -0.15) is 5.10 Å². The average molecular weight is 392 g/mol. The van der Waals surface area contributed by atoms with E-state index >= 15 is 0 Å². The first-order chi connectivity index (χ1) is 13.6. The van der Waals surface area contributed by atoms with E-state index in [0.29, 0.717) is 22.7 Å². The first-order valence-corrected chi connectivity index (χ1v) is 9.23. The number of methoxy groups -OCH3 is 1. The summed E-state index contributed by atoms with van der Waals surface area (Å²) < 4.78 is 6.83. The lowest BCUT2D eigenvalue weighted by Crippen LogP contribution is -2.08. The molecule has 0 radical (unpaired) electrons. The number of hydrogen-bond donors (Lipinski definition) is 0. The smallest absolute Gasteiger partial charge is 0.339 e. The number of ether oxygens (including phenoxy) is 1. The fraction of sp³-hybridized carbons (Fsp3) is 0.136. The summed E-state index contributed by atoms with van der Waals surface area (Å²) in [4.78, 5) is 16.4. The molecule has 2 aromatic carbocycles. The van der Waals surface area contributed by atoms with E-state index in [1.54, 1.807) is 12.3 Å². The topological polar surface area (TPSA) is 57.0 Å². The number of halogens is 1. The van der Waals surface area contributed by atoms with Gasteiger partial charge in [0.05, 0.1) is 41.6 Å². The zero-order valence-electron chi connectivity index (χ0n) is 15.3. The fourth-order valence-electron chi connectivity index (χ4n) is 3.22. The van der Waals surface area contributed by atoms with Gasteiger partial charge in [0.15, 0.2) is 0 Å². The molecule has 4 aromatic rings. The highest BCUT2D eigenvalue weighted by molar-refractivity contribution is 6.30. The van der Waals surface area contributed by atoms with Crippen LogP contribution in [0.3, 0.4) is 0 Å². The molecule has 0 bridgehead atoms. The van der Waals surface area contributed by atoms with Crippen LogP contribution in [-0.4, -0.2) is 27.8 Å². The van der Waals surface area contributed by atoms with Crippen molar-refractivity contribution in [1.29, 1.82) is 0 Å². The van der Waals surface area contributed by atoms with Gasteiger partial charge in [0.2, 0.25) is 0 Å². The van der Waals surface area contributed by atoms with Gasteiger partial charge in [-0.05, 0) is 29.3 Å². The Balaban J connectivity index is 1.62. The fourth-order valence-corrected chi connectivity index (χ4v) is 3.38. The highest BCUT2D eigenvalue weighted by Crippen LogP contribution is 2.21. The quantitative estimate of drug-likeness (QED) is 0.470. The van der Waals surface area contributed by atoms with Crippen molar-refractivity contribution in [2.24, 2.45) is 0 Å². The number of benzene rings is 2. The van der Waals surface area contributed by atoms with E-state index < -0.39 is 5.97 Å². The number of nitrogens with zero attached hydrogens (tertiary/aromatic N) is 3. The number of pyridine rings is 1. The second-order valence-corrected chi connectivity index (χ2v) is 6.93. The van der Waals surface area contributed by atoms with Crippen LogP contribution in [0.15, 0.2) is 67.0 Å². The normalized spacial score (nSPS) is 10.9. The van der Waals surface area contributed by atoms with Gasteiger partial charge in [0.25, 0.3) is 0 Å². The Morgan fingerprint density at radius 3 is 2.68 bits per heavy atom. The summed E-state index contributed by atoms with van der Waals surface area (Å²) in [6, 6.07) is 18.0. The van der Waals surface area contributed by atoms with E-state index in [2.05, 4.69) is 28.3 Å². The first-order valence-electron chi connectivity index (χ1n) is 8.85. The summed E-state index contributed by atoms with van der Waals surface area (Å²) in [6.07, 6.45) is 3.90. The van der Waals surface area contributed by atoms with Crippen LogP contribution in [0.2, 0.25) is 5.02 Å². The highest BCUT2D eigenvalue weighted by atomic mass is 35.5. The Morgan fingerprint density at radius 1 is 1.07 bits per heavy atom. The lowest BCUT2D eigenvalue weighted by Gasteiger charge is -2.08. The van der Waals surface area contributed by atoms with E-state index in [-0.39, 0.29) is 0 Å². The van der Waals surface area contributed by atoms with Crippen molar-refractivity contribution in [3.05, 3.63) is 94.4 Å². The second-order valence-electron chi connectivity index (χ2n) is 6.50. The van der Waals surface area contributed by atoms with Crippen molar-refractivity contribution in [2.75, 3.05) is 7.11 Å². The summed E-state index contributed by atoms with van der Waals surface area (Å²) >= 11 is 5.99. The molecule has 0 unspecified atom stereocenters. The molecule has 5 nitrogen and oxygen atoms in total. The molecule has 0 aliphatic heterocycles.